The second-order valence-electron chi connectivity index (χ2n) is 7.26. The number of nitrogens with zero attached hydrogens (tertiary/aromatic N) is 1. The van der Waals surface area contributed by atoms with E-state index in [0.29, 0.717) is 38.4 Å². The Bertz CT molecular complexity index is 1140. The Labute approximate surface area is 196 Å². The van der Waals surface area contributed by atoms with Crippen molar-refractivity contribution in [2.75, 3.05) is 26.3 Å². The number of sulfonamides is 1. The van der Waals surface area contributed by atoms with Gasteiger partial charge in [0.1, 0.15) is 0 Å². The van der Waals surface area contributed by atoms with E-state index >= 15 is 0 Å². The minimum absolute atomic E-state index is 0.150. The van der Waals surface area contributed by atoms with Gasteiger partial charge in [-0.1, -0.05) is 24.3 Å². The molecule has 9 heteroatoms. The Balaban J connectivity index is 1.37. The molecule has 1 amide bonds. The Morgan fingerprint density at radius 3 is 2.50 bits per heavy atom. The second kappa shape index (κ2) is 10.6. The van der Waals surface area contributed by atoms with E-state index in [1.807, 2.05) is 29.6 Å². The number of carbonyl (C=O) groups excluding carboxylic acids is 1. The summed E-state index contributed by atoms with van der Waals surface area (Å²) in [6, 6.07) is 16.3. The molecular formula is C23H24N2O4S3. The number of hydrogen-bond acceptors (Lipinski definition) is 6. The van der Waals surface area contributed by atoms with Gasteiger partial charge in [0.15, 0.2) is 0 Å². The van der Waals surface area contributed by atoms with Crippen LogP contribution in [0, 0.1) is 0 Å². The number of nitrogens with one attached hydrogen (secondary N) is 1. The first-order valence-electron chi connectivity index (χ1n) is 10.2. The van der Waals surface area contributed by atoms with Crippen molar-refractivity contribution in [1.82, 2.24) is 9.62 Å². The third-order valence-electron chi connectivity index (χ3n) is 5.09. The quantitative estimate of drug-likeness (QED) is 0.485. The molecular weight excluding hydrogens is 464 g/mol. The summed E-state index contributed by atoms with van der Waals surface area (Å²) in [5.74, 6) is 0.663. The standard InChI is InChI=1S/C23H24N2O4S3/c26-23(21-3-1-2-4-22(21)31-17-19-9-14-30-16-19)24-15-18-5-7-20(8-6-18)32(27,28)25-10-12-29-13-11-25/h1-9,14,16H,10-13,15,17H2,(H,24,26). The molecule has 0 radical (unpaired) electrons. The van der Waals surface area contributed by atoms with Crippen LogP contribution in [0.15, 0.2) is 75.1 Å². The highest BCUT2D eigenvalue weighted by Gasteiger charge is 2.26. The minimum atomic E-state index is -3.52. The van der Waals surface area contributed by atoms with Crippen LogP contribution >= 0.6 is 23.1 Å². The summed E-state index contributed by atoms with van der Waals surface area (Å²) in [5.41, 5.74) is 2.71. The molecule has 168 valence electrons. The van der Waals surface area contributed by atoms with Crippen molar-refractivity contribution in [2.45, 2.75) is 22.1 Å². The highest BCUT2D eigenvalue weighted by molar-refractivity contribution is 7.98. The second-order valence-corrected chi connectivity index (χ2v) is 11.0. The van der Waals surface area contributed by atoms with Gasteiger partial charge < -0.3 is 10.1 Å². The Morgan fingerprint density at radius 2 is 1.78 bits per heavy atom. The van der Waals surface area contributed by atoms with Crippen molar-refractivity contribution in [1.29, 1.82) is 0 Å². The van der Waals surface area contributed by atoms with Gasteiger partial charge in [-0.3, -0.25) is 4.79 Å². The van der Waals surface area contributed by atoms with Crippen LogP contribution in [-0.2, 0) is 27.1 Å². The van der Waals surface area contributed by atoms with Crippen LogP contribution < -0.4 is 5.32 Å². The number of thioether (sulfide) groups is 1. The lowest BCUT2D eigenvalue weighted by Gasteiger charge is -2.26. The van der Waals surface area contributed by atoms with Crippen molar-refractivity contribution in [2.24, 2.45) is 0 Å². The number of hydrogen-bond donors (Lipinski definition) is 1. The molecule has 2 heterocycles. The molecule has 1 aliphatic rings. The van der Waals surface area contributed by atoms with Crippen LogP contribution in [0.25, 0.3) is 0 Å². The van der Waals surface area contributed by atoms with Gasteiger partial charge in [-0.2, -0.15) is 15.6 Å². The van der Waals surface area contributed by atoms with Crippen LogP contribution in [0.1, 0.15) is 21.5 Å². The molecule has 1 fully saturated rings. The van der Waals surface area contributed by atoms with Crippen molar-refractivity contribution < 1.29 is 17.9 Å². The number of ether oxygens (including phenoxy) is 1. The molecule has 1 aromatic heterocycles. The van der Waals surface area contributed by atoms with Gasteiger partial charge >= 0.3 is 0 Å². The molecule has 0 unspecified atom stereocenters. The normalized spacial score (nSPS) is 14.9. The van der Waals surface area contributed by atoms with Crippen LogP contribution in [0.2, 0.25) is 0 Å². The molecule has 4 rings (SSSR count). The molecule has 32 heavy (non-hydrogen) atoms. The maximum atomic E-state index is 12.8. The van der Waals surface area contributed by atoms with E-state index in [4.69, 9.17) is 4.74 Å². The van der Waals surface area contributed by atoms with Gasteiger partial charge in [0.2, 0.25) is 10.0 Å². The lowest BCUT2D eigenvalue weighted by atomic mass is 10.2. The van der Waals surface area contributed by atoms with Gasteiger partial charge in [0.25, 0.3) is 5.91 Å². The SMILES string of the molecule is O=C(NCc1ccc(S(=O)(=O)N2CCOCC2)cc1)c1ccccc1SCc1ccsc1. The molecule has 0 bridgehead atoms. The van der Waals surface area contributed by atoms with Crippen LogP contribution in [0.3, 0.4) is 0 Å². The fourth-order valence-corrected chi connectivity index (χ4v) is 6.48. The van der Waals surface area contributed by atoms with Crippen LogP contribution in [-0.4, -0.2) is 44.9 Å². The molecule has 1 aliphatic heterocycles. The van der Waals surface area contributed by atoms with E-state index in [1.165, 1.54) is 9.87 Å². The zero-order valence-corrected chi connectivity index (χ0v) is 19.8. The third-order valence-corrected chi connectivity index (χ3v) is 8.88. The van der Waals surface area contributed by atoms with Crippen molar-refractivity contribution in [3.05, 3.63) is 82.0 Å². The van der Waals surface area contributed by atoms with Crippen molar-refractivity contribution in [3.63, 3.8) is 0 Å². The number of thiophene rings is 1. The Kier molecular flexibility index (Phi) is 7.64. The van der Waals surface area contributed by atoms with E-state index in [2.05, 4.69) is 16.8 Å². The third kappa shape index (κ3) is 5.60. The van der Waals surface area contributed by atoms with Crippen molar-refractivity contribution in [3.8, 4) is 0 Å². The predicted octanol–water partition coefficient (Wildman–Crippen LogP) is 3.99. The van der Waals surface area contributed by atoms with Gasteiger partial charge in [-0.15, -0.1) is 11.8 Å². The molecule has 6 nitrogen and oxygen atoms in total. The van der Waals surface area contributed by atoms with Gasteiger partial charge in [-0.25, -0.2) is 8.42 Å². The van der Waals surface area contributed by atoms with Crippen LogP contribution in [0.5, 0.6) is 0 Å². The minimum Gasteiger partial charge on any atom is -0.379 e. The largest absolute Gasteiger partial charge is 0.379 e. The van der Waals surface area contributed by atoms with Gasteiger partial charge in [0, 0.05) is 30.3 Å². The first-order valence-corrected chi connectivity index (χ1v) is 13.6. The molecule has 2 aromatic carbocycles. The first-order chi connectivity index (χ1) is 15.5. The van der Waals surface area contributed by atoms with Crippen LogP contribution in [0.4, 0.5) is 0 Å². The van der Waals surface area contributed by atoms with Crippen molar-refractivity contribution >= 4 is 39.0 Å². The predicted molar refractivity (Wildman–Crippen MR) is 128 cm³/mol. The molecule has 0 saturated carbocycles. The Hall–Kier alpha value is -2.17. The van der Waals surface area contributed by atoms with E-state index in [0.717, 1.165) is 16.2 Å². The lowest BCUT2D eigenvalue weighted by Crippen LogP contribution is -2.40. The number of rotatable bonds is 8. The summed E-state index contributed by atoms with van der Waals surface area (Å²) in [6.45, 7) is 1.88. The molecule has 0 atom stereocenters. The first kappa shape index (κ1) is 23.0. The topological polar surface area (TPSA) is 75.7 Å². The van der Waals surface area contributed by atoms with E-state index in [-0.39, 0.29) is 10.8 Å². The molecule has 0 aliphatic carbocycles. The molecule has 1 saturated heterocycles. The molecule has 3 aromatic rings. The fraction of sp³-hybridized carbons (Fsp3) is 0.261. The number of benzene rings is 2. The molecule has 1 N–H and O–H groups in total. The average molecular weight is 489 g/mol. The van der Waals surface area contributed by atoms with Gasteiger partial charge in [0.05, 0.1) is 23.7 Å². The number of amides is 1. The summed E-state index contributed by atoms with van der Waals surface area (Å²) in [7, 11) is -3.52. The highest BCUT2D eigenvalue weighted by atomic mass is 32.2. The summed E-state index contributed by atoms with van der Waals surface area (Å²) in [5, 5.41) is 7.10. The van der Waals surface area contributed by atoms with E-state index < -0.39 is 10.0 Å². The number of carbonyl (C=O) groups is 1. The smallest absolute Gasteiger partial charge is 0.252 e. The maximum absolute atomic E-state index is 12.8. The molecule has 0 spiro atoms. The lowest BCUT2D eigenvalue weighted by molar-refractivity contribution is 0.0730. The Morgan fingerprint density at radius 1 is 1.03 bits per heavy atom. The zero-order chi connectivity index (χ0) is 22.4. The average Bonchev–Trinajstić information content (AvgIpc) is 3.36. The summed E-state index contributed by atoms with van der Waals surface area (Å²) < 4.78 is 32.1. The van der Waals surface area contributed by atoms with E-state index in [9.17, 15) is 13.2 Å². The summed E-state index contributed by atoms with van der Waals surface area (Å²) >= 11 is 3.30. The fourth-order valence-electron chi connectivity index (χ4n) is 3.31. The van der Waals surface area contributed by atoms with Gasteiger partial charge in [-0.05, 0) is 52.2 Å². The zero-order valence-electron chi connectivity index (χ0n) is 17.4. The monoisotopic (exact) mass is 488 g/mol. The maximum Gasteiger partial charge on any atom is 0.252 e. The number of morpholine rings is 1. The highest BCUT2D eigenvalue weighted by Crippen LogP contribution is 2.27. The summed E-state index contributed by atoms with van der Waals surface area (Å²) in [6.07, 6.45) is 0. The van der Waals surface area contributed by atoms with E-state index in [1.54, 1.807) is 47.4 Å². The summed E-state index contributed by atoms with van der Waals surface area (Å²) in [4.78, 5) is 14.0.